The molecule has 1 aromatic rings. The van der Waals surface area contributed by atoms with Gasteiger partial charge in [0.1, 0.15) is 5.82 Å². The predicted molar refractivity (Wildman–Crippen MR) is 66.2 cm³/mol. The first kappa shape index (κ1) is 14.1. The van der Waals surface area contributed by atoms with Gasteiger partial charge < -0.3 is 16.2 Å². The van der Waals surface area contributed by atoms with Gasteiger partial charge in [-0.2, -0.15) is 15.0 Å². The van der Waals surface area contributed by atoms with Gasteiger partial charge in [0.15, 0.2) is 0 Å². The van der Waals surface area contributed by atoms with Crippen LogP contribution in [0.25, 0.3) is 0 Å². The van der Waals surface area contributed by atoms with Gasteiger partial charge in [-0.3, -0.25) is 9.69 Å². The van der Waals surface area contributed by atoms with E-state index in [2.05, 4.69) is 19.7 Å². The van der Waals surface area contributed by atoms with E-state index in [1.807, 2.05) is 18.7 Å². The Morgan fingerprint density at radius 1 is 1.28 bits per heavy atom. The molecule has 0 saturated heterocycles. The van der Waals surface area contributed by atoms with Crippen LogP contribution in [0.2, 0.25) is 0 Å². The number of nitrogens with zero attached hydrogens (tertiary/aromatic N) is 4. The molecule has 0 aliphatic carbocycles. The van der Waals surface area contributed by atoms with Gasteiger partial charge in [-0.1, -0.05) is 0 Å². The Balaban J connectivity index is 2.79. The fourth-order valence-electron chi connectivity index (χ4n) is 1.36. The van der Waals surface area contributed by atoms with Crippen LogP contribution in [0.3, 0.4) is 0 Å². The second-order valence-electron chi connectivity index (χ2n) is 4.04. The summed E-state index contributed by atoms with van der Waals surface area (Å²) in [6, 6.07) is 0.128. The van der Waals surface area contributed by atoms with Gasteiger partial charge in [-0.25, -0.2) is 0 Å². The lowest BCUT2D eigenvalue weighted by Crippen LogP contribution is -2.36. The van der Waals surface area contributed by atoms with Gasteiger partial charge in [0.25, 0.3) is 0 Å². The molecule has 0 spiro atoms. The molecule has 4 N–H and O–H groups in total. The Labute approximate surface area is 105 Å². The Hall–Kier alpha value is -1.96. The molecule has 0 fully saturated rings. The van der Waals surface area contributed by atoms with Crippen molar-refractivity contribution in [2.45, 2.75) is 26.4 Å². The number of carbonyl (C=O) groups is 1. The number of hydrogen-bond donors (Lipinski definition) is 2. The van der Waals surface area contributed by atoms with Crippen molar-refractivity contribution >= 4 is 17.9 Å². The fourth-order valence-corrected chi connectivity index (χ4v) is 1.36. The lowest BCUT2D eigenvalue weighted by Gasteiger charge is -2.24. The van der Waals surface area contributed by atoms with Crippen molar-refractivity contribution in [2.24, 2.45) is 0 Å². The van der Waals surface area contributed by atoms with Crippen LogP contribution in [-0.2, 0) is 16.1 Å². The van der Waals surface area contributed by atoms with E-state index in [1.165, 1.54) is 7.11 Å². The maximum absolute atomic E-state index is 11.3. The van der Waals surface area contributed by atoms with E-state index in [-0.39, 0.29) is 30.5 Å². The third-order valence-corrected chi connectivity index (χ3v) is 2.35. The van der Waals surface area contributed by atoms with Crippen LogP contribution >= 0.6 is 0 Å². The molecule has 0 aromatic carbocycles. The zero-order valence-electron chi connectivity index (χ0n) is 10.8. The van der Waals surface area contributed by atoms with Crippen molar-refractivity contribution in [1.29, 1.82) is 0 Å². The number of rotatable bonds is 5. The minimum absolute atomic E-state index is 0.0688. The van der Waals surface area contributed by atoms with Crippen LogP contribution in [0.5, 0.6) is 0 Å². The number of nitrogen functional groups attached to an aromatic ring is 2. The summed E-state index contributed by atoms with van der Waals surface area (Å²) < 4.78 is 4.63. The zero-order valence-corrected chi connectivity index (χ0v) is 10.8. The lowest BCUT2D eigenvalue weighted by molar-refractivity contribution is -0.142. The van der Waals surface area contributed by atoms with Gasteiger partial charge >= 0.3 is 5.97 Å². The summed E-state index contributed by atoms with van der Waals surface area (Å²) in [4.78, 5) is 24.8. The first-order valence-corrected chi connectivity index (χ1v) is 5.49. The van der Waals surface area contributed by atoms with Gasteiger partial charge in [-0.05, 0) is 13.8 Å². The topological polar surface area (TPSA) is 120 Å². The number of anilines is 2. The molecule has 0 radical (unpaired) electrons. The van der Waals surface area contributed by atoms with Crippen LogP contribution in [0, 0.1) is 0 Å². The minimum Gasteiger partial charge on any atom is -0.468 e. The van der Waals surface area contributed by atoms with Crippen LogP contribution in [0.4, 0.5) is 11.9 Å². The average molecular weight is 254 g/mol. The summed E-state index contributed by atoms with van der Waals surface area (Å²) in [6.07, 6.45) is 0. The summed E-state index contributed by atoms with van der Waals surface area (Å²) >= 11 is 0. The number of methoxy groups -OCH3 is 1. The maximum atomic E-state index is 11.3. The van der Waals surface area contributed by atoms with Crippen molar-refractivity contribution in [1.82, 2.24) is 19.9 Å². The molecule has 0 bridgehead atoms. The van der Waals surface area contributed by atoms with Gasteiger partial charge in [0.05, 0.1) is 20.2 Å². The van der Waals surface area contributed by atoms with Crippen LogP contribution in [-0.4, -0.2) is 45.5 Å². The fraction of sp³-hybridized carbons (Fsp3) is 0.600. The van der Waals surface area contributed by atoms with Crippen molar-refractivity contribution in [2.75, 3.05) is 25.1 Å². The summed E-state index contributed by atoms with van der Waals surface area (Å²) in [6.45, 7) is 4.41. The van der Waals surface area contributed by atoms with Crippen molar-refractivity contribution < 1.29 is 9.53 Å². The largest absolute Gasteiger partial charge is 0.468 e. The Bertz CT molecular complexity index is 403. The molecular formula is C10H18N6O2. The van der Waals surface area contributed by atoms with E-state index < -0.39 is 0 Å². The molecule has 1 heterocycles. The Morgan fingerprint density at radius 2 is 1.83 bits per heavy atom. The standard InChI is InChI=1S/C10H18N6O2/c1-6(2)16(5-8(17)18-3)4-7-13-9(11)15-10(12)14-7/h6H,4-5H2,1-3H3,(H4,11,12,13,14,15). The first-order valence-electron chi connectivity index (χ1n) is 5.49. The third-order valence-electron chi connectivity index (χ3n) is 2.35. The van der Waals surface area contributed by atoms with Gasteiger partial charge in [-0.15, -0.1) is 0 Å². The first-order chi connectivity index (χ1) is 8.42. The summed E-state index contributed by atoms with van der Waals surface area (Å²) in [5, 5.41) is 0. The van der Waals surface area contributed by atoms with E-state index >= 15 is 0 Å². The highest BCUT2D eigenvalue weighted by Gasteiger charge is 2.16. The quantitative estimate of drug-likeness (QED) is 0.669. The van der Waals surface area contributed by atoms with Gasteiger partial charge in [0, 0.05) is 6.04 Å². The molecule has 1 aromatic heterocycles. The number of aromatic nitrogens is 3. The number of hydrogen-bond acceptors (Lipinski definition) is 8. The lowest BCUT2D eigenvalue weighted by atomic mass is 10.3. The highest BCUT2D eigenvalue weighted by molar-refractivity contribution is 5.71. The van der Waals surface area contributed by atoms with E-state index in [4.69, 9.17) is 11.5 Å². The SMILES string of the molecule is COC(=O)CN(Cc1nc(N)nc(N)n1)C(C)C. The van der Waals surface area contributed by atoms with Crippen LogP contribution in [0.1, 0.15) is 19.7 Å². The number of esters is 1. The van der Waals surface area contributed by atoms with Crippen molar-refractivity contribution in [3.63, 3.8) is 0 Å². The normalized spacial score (nSPS) is 10.9. The highest BCUT2D eigenvalue weighted by Crippen LogP contribution is 2.06. The monoisotopic (exact) mass is 254 g/mol. The zero-order chi connectivity index (χ0) is 13.7. The second kappa shape index (κ2) is 6.10. The van der Waals surface area contributed by atoms with Gasteiger partial charge in [0.2, 0.25) is 11.9 Å². The van der Waals surface area contributed by atoms with E-state index in [9.17, 15) is 4.79 Å². The molecule has 1 rings (SSSR count). The van der Waals surface area contributed by atoms with Crippen molar-refractivity contribution in [3.05, 3.63) is 5.82 Å². The average Bonchev–Trinajstić information content (AvgIpc) is 2.26. The smallest absolute Gasteiger partial charge is 0.319 e. The van der Waals surface area contributed by atoms with E-state index in [0.29, 0.717) is 12.4 Å². The minimum atomic E-state index is -0.321. The Morgan fingerprint density at radius 3 is 2.28 bits per heavy atom. The predicted octanol–water partition coefficient (Wildman–Crippen LogP) is -0.581. The molecular weight excluding hydrogens is 236 g/mol. The molecule has 100 valence electrons. The Kier molecular flexibility index (Phi) is 4.78. The number of ether oxygens (including phenoxy) is 1. The molecule has 0 aliphatic rings. The molecule has 0 atom stereocenters. The van der Waals surface area contributed by atoms with E-state index in [0.717, 1.165) is 0 Å². The molecule has 18 heavy (non-hydrogen) atoms. The molecule has 8 nitrogen and oxygen atoms in total. The summed E-state index contributed by atoms with van der Waals surface area (Å²) in [7, 11) is 1.35. The number of carbonyl (C=O) groups excluding carboxylic acids is 1. The highest BCUT2D eigenvalue weighted by atomic mass is 16.5. The molecule has 0 saturated carbocycles. The van der Waals surface area contributed by atoms with E-state index in [1.54, 1.807) is 0 Å². The van der Waals surface area contributed by atoms with Crippen LogP contribution < -0.4 is 11.5 Å². The maximum Gasteiger partial charge on any atom is 0.319 e. The molecule has 0 unspecified atom stereocenters. The molecule has 8 heteroatoms. The summed E-state index contributed by atoms with van der Waals surface area (Å²) in [5.74, 6) is 0.245. The van der Waals surface area contributed by atoms with Crippen molar-refractivity contribution in [3.8, 4) is 0 Å². The summed E-state index contributed by atoms with van der Waals surface area (Å²) in [5.41, 5.74) is 11.0. The second-order valence-corrected chi connectivity index (χ2v) is 4.04. The number of nitrogens with two attached hydrogens (primary N) is 2. The van der Waals surface area contributed by atoms with Crippen LogP contribution in [0.15, 0.2) is 0 Å². The third kappa shape index (κ3) is 4.13. The molecule has 0 amide bonds. The molecule has 0 aliphatic heterocycles.